The van der Waals surface area contributed by atoms with Crippen molar-refractivity contribution in [2.75, 3.05) is 13.1 Å². The van der Waals surface area contributed by atoms with Gasteiger partial charge in [-0.3, -0.25) is 9.59 Å². The van der Waals surface area contributed by atoms with Gasteiger partial charge in [0.1, 0.15) is 0 Å². The van der Waals surface area contributed by atoms with Crippen LogP contribution in [0.15, 0.2) is 28.7 Å². The number of aliphatic hydroxyl groups is 1. The van der Waals surface area contributed by atoms with Crippen LogP contribution in [-0.4, -0.2) is 36.1 Å². The van der Waals surface area contributed by atoms with Crippen molar-refractivity contribution < 1.29 is 14.7 Å². The number of carbonyl (C=O) groups is 2. The predicted molar refractivity (Wildman–Crippen MR) is 80.4 cm³/mol. The van der Waals surface area contributed by atoms with Gasteiger partial charge in [-0.15, -0.1) is 0 Å². The first-order valence-corrected chi connectivity index (χ1v) is 7.27. The first-order valence-electron chi connectivity index (χ1n) is 6.47. The highest BCUT2D eigenvalue weighted by atomic mass is 79.9. The molecule has 2 amide bonds. The smallest absolute Gasteiger partial charge is 0.251 e. The zero-order chi connectivity index (χ0) is 15.0. The van der Waals surface area contributed by atoms with Gasteiger partial charge in [-0.05, 0) is 44.0 Å². The summed E-state index contributed by atoms with van der Waals surface area (Å²) in [5.41, 5.74) is 0.509. The van der Waals surface area contributed by atoms with Crippen molar-refractivity contribution in [3.63, 3.8) is 0 Å². The molecule has 1 aromatic carbocycles. The average Bonchev–Trinajstić information content (AvgIpc) is 2.41. The third-order valence-corrected chi connectivity index (χ3v) is 3.17. The van der Waals surface area contributed by atoms with E-state index in [0.29, 0.717) is 24.9 Å². The summed E-state index contributed by atoms with van der Waals surface area (Å²) in [6.45, 7) is 2.15. The maximum atomic E-state index is 11.7. The van der Waals surface area contributed by atoms with E-state index in [2.05, 4.69) is 26.6 Å². The standard InChI is InChI=1S/C14H19BrN2O3/c1-10(18)3-2-8-16-13(19)9-17-14(20)11-4-6-12(15)7-5-11/h4-7,10,18H,2-3,8-9H2,1H3,(H,16,19)(H,17,20). The van der Waals surface area contributed by atoms with Gasteiger partial charge in [0.15, 0.2) is 0 Å². The summed E-state index contributed by atoms with van der Waals surface area (Å²) in [5, 5.41) is 14.3. The van der Waals surface area contributed by atoms with Crippen LogP contribution < -0.4 is 10.6 Å². The Morgan fingerprint density at radius 3 is 2.50 bits per heavy atom. The number of aliphatic hydroxyl groups excluding tert-OH is 1. The lowest BCUT2D eigenvalue weighted by Crippen LogP contribution is -2.37. The second-order valence-corrected chi connectivity index (χ2v) is 5.45. The van der Waals surface area contributed by atoms with Crippen molar-refractivity contribution in [1.82, 2.24) is 10.6 Å². The van der Waals surface area contributed by atoms with Crippen LogP contribution in [-0.2, 0) is 4.79 Å². The highest BCUT2D eigenvalue weighted by Gasteiger charge is 2.07. The fourth-order valence-electron chi connectivity index (χ4n) is 1.55. The molecule has 0 bridgehead atoms. The van der Waals surface area contributed by atoms with E-state index in [4.69, 9.17) is 5.11 Å². The number of nitrogens with one attached hydrogen (secondary N) is 2. The Balaban J connectivity index is 2.23. The lowest BCUT2D eigenvalue weighted by atomic mass is 10.2. The lowest BCUT2D eigenvalue weighted by Gasteiger charge is -2.08. The minimum Gasteiger partial charge on any atom is -0.393 e. The summed E-state index contributed by atoms with van der Waals surface area (Å²) in [6.07, 6.45) is 0.999. The second kappa shape index (κ2) is 8.71. The number of benzene rings is 1. The molecule has 1 atom stereocenters. The van der Waals surface area contributed by atoms with E-state index in [1.165, 1.54) is 0 Å². The van der Waals surface area contributed by atoms with Crippen molar-refractivity contribution in [3.8, 4) is 0 Å². The van der Waals surface area contributed by atoms with Gasteiger partial charge in [-0.2, -0.15) is 0 Å². The van der Waals surface area contributed by atoms with Gasteiger partial charge in [0.05, 0.1) is 12.6 Å². The highest BCUT2D eigenvalue weighted by molar-refractivity contribution is 9.10. The van der Waals surface area contributed by atoms with Crippen molar-refractivity contribution in [2.45, 2.75) is 25.9 Å². The van der Waals surface area contributed by atoms with Crippen molar-refractivity contribution >= 4 is 27.7 Å². The summed E-state index contributed by atoms with van der Waals surface area (Å²) in [5.74, 6) is -0.516. The lowest BCUT2D eigenvalue weighted by molar-refractivity contribution is -0.120. The molecular weight excluding hydrogens is 324 g/mol. The Hall–Kier alpha value is -1.40. The molecule has 0 radical (unpaired) electrons. The van der Waals surface area contributed by atoms with Crippen LogP contribution in [0.4, 0.5) is 0 Å². The molecule has 1 rings (SSSR count). The zero-order valence-corrected chi connectivity index (χ0v) is 12.9. The average molecular weight is 343 g/mol. The minimum absolute atomic E-state index is 0.0520. The van der Waals surface area contributed by atoms with E-state index in [1.807, 2.05) is 0 Å². The second-order valence-electron chi connectivity index (χ2n) is 4.53. The number of amides is 2. The Bertz CT molecular complexity index is 446. The number of hydrogen-bond donors (Lipinski definition) is 3. The maximum Gasteiger partial charge on any atom is 0.251 e. The Kier molecular flexibility index (Phi) is 7.25. The normalized spacial score (nSPS) is 11.8. The molecule has 1 aromatic rings. The van der Waals surface area contributed by atoms with E-state index >= 15 is 0 Å². The van der Waals surface area contributed by atoms with E-state index in [0.717, 1.165) is 4.47 Å². The maximum absolute atomic E-state index is 11.7. The molecule has 0 aliphatic carbocycles. The van der Waals surface area contributed by atoms with Gasteiger partial charge in [-0.1, -0.05) is 15.9 Å². The SMILES string of the molecule is CC(O)CCCNC(=O)CNC(=O)c1ccc(Br)cc1. The number of carbonyl (C=O) groups excluding carboxylic acids is 2. The molecule has 5 nitrogen and oxygen atoms in total. The molecule has 20 heavy (non-hydrogen) atoms. The number of halogens is 1. The molecule has 0 aliphatic heterocycles. The zero-order valence-electron chi connectivity index (χ0n) is 11.4. The molecule has 0 fully saturated rings. The van der Waals surface area contributed by atoms with Crippen molar-refractivity contribution in [1.29, 1.82) is 0 Å². The Morgan fingerprint density at radius 1 is 1.25 bits per heavy atom. The van der Waals surface area contributed by atoms with Crippen LogP contribution in [0.1, 0.15) is 30.1 Å². The topological polar surface area (TPSA) is 78.4 Å². The van der Waals surface area contributed by atoms with Crippen LogP contribution in [0.5, 0.6) is 0 Å². The Labute approximate surface area is 126 Å². The quantitative estimate of drug-likeness (QED) is 0.656. The Morgan fingerprint density at radius 2 is 1.90 bits per heavy atom. The van der Waals surface area contributed by atoms with Crippen molar-refractivity contribution in [2.24, 2.45) is 0 Å². The molecule has 0 aliphatic rings. The molecule has 3 N–H and O–H groups in total. The van der Waals surface area contributed by atoms with Gasteiger partial charge in [0.25, 0.3) is 5.91 Å². The predicted octanol–water partition coefficient (Wildman–Crippen LogP) is 1.46. The van der Waals surface area contributed by atoms with Gasteiger partial charge in [-0.25, -0.2) is 0 Å². The molecule has 110 valence electrons. The van der Waals surface area contributed by atoms with Crippen molar-refractivity contribution in [3.05, 3.63) is 34.3 Å². The van der Waals surface area contributed by atoms with E-state index in [-0.39, 0.29) is 24.5 Å². The highest BCUT2D eigenvalue weighted by Crippen LogP contribution is 2.10. The summed E-state index contributed by atoms with van der Waals surface area (Å²) in [4.78, 5) is 23.2. The molecule has 0 aromatic heterocycles. The fourth-order valence-corrected chi connectivity index (χ4v) is 1.82. The molecule has 1 unspecified atom stereocenters. The van der Waals surface area contributed by atoms with Crippen LogP contribution in [0.3, 0.4) is 0 Å². The van der Waals surface area contributed by atoms with Crippen LogP contribution in [0, 0.1) is 0 Å². The van der Waals surface area contributed by atoms with Crippen LogP contribution in [0.25, 0.3) is 0 Å². The molecule has 6 heteroatoms. The third kappa shape index (κ3) is 6.68. The van der Waals surface area contributed by atoms with Gasteiger partial charge in [0.2, 0.25) is 5.91 Å². The van der Waals surface area contributed by atoms with Gasteiger partial charge < -0.3 is 15.7 Å². The van der Waals surface area contributed by atoms with E-state index in [9.17, 15) is 9.59 Å². The summed E-state index contributed by atoms with van der Waals surface area (Å²) >= 11 is 3.29. The monoisotopic (exact) mass is 342 g/mol. The first kappa shape index (κ1) is 16.7. The van der Waals surface area contributed by atoms with Gasteiger partial charge >= 0.3 is 0 Å². The molecule has 0 saturated heterocycles. The molecule has 0 saturated carbocycles. The fraction of sp³-hybridized carbons (Fsp3) is 0.429. The summed E-state index contributed by atoms with van der Waals surface area (Å²) in [6, 6.07) is 6.90. The van der Waals surface area contributed by atoms with Crippen LogP contribution >= 0.6 is 15.9 Å². The first-order chi connectivity index (χ1) is 9.49. The summed E-state index contributed by atoms with van der Waals surface area (Å²) < 4.78 is 0.893. The van der Waals surface area contributed by atoms with Crippen LogP contribution in [0.2, 0.25) is 0 Å². The van der Waals surface area contributed by atoms with E-state index in [1.54, 1.807) is 31.2 Å². The molecule has 0 spiro atoms. The number of hydrogen-bond acceptors (Lipinski definition) is 3. The number of rotatable bonds is 7. The minimum atomic E-state index is -0.357. The molecular formula is C14H19BrN2O3. The molecule has 0 heterocycles. The largest absolute Gasteiger partial charge is 0.393 e. The third-order valence-electron chi connectivity index (χ3n) is 2.64. The summed E-state index contributed by atoms with van der Waals surface area (Å²) in [7, 11) is 0. The van der Waals surface area contributed by atoms with Gasteiger partial charge in [0, 0.05) is 16.6 Å². The van der Waals surface area contributed by atoms with E-state index < -0.39 is 0 Å².